The summed E-state index contributed by atoms with van der Waals surface area (Å²) in [5.74, 6) is 0.714. The van der Waals surface area contributed by atoms with Gasteiger partial charge < -0.3 is 5.32 Å². The van der Waals surface area contributed by atoms with Crippen LogP contribution < -0.4 is 5.32 Å². The molecule has 0 spiro atoms. The van der Waals surface area contributed by atoms with E-state index in [0.29, 0.717) is 10.8 Å². The Bertz CT molecular complexity index is 662. The number of nitrogens with zero attached hydrogens (tertiary/aromatic N) is 2. The number of halogens is 1. The van der Waals surface area contributed by atoms with Crippen molar-refractivity contribution in [2.75, 3.05) is 5.32 Å². The summed E-state index contributed by atoms with van der Waals surface area (Å²) in [6.45, 7) is 10.9. The molecule has 23 heavy (non-hydrogen) atoms. The van der Waals surface area contributed by atoms with E-state index in [2.05, 4.69) is 67.2 Å². The molecule has 0 fully saturated rings. The second-order valence-corrected chi connectivity index (χ2v) is 7.20. The van der Waals surface area contributed by atoms with Gasteiger partial charge in [-0.05, 0) is 29.4 Å². The molecule has 2 rings (SSSR count). The van der Waals surface area contributed by atoms with Crippen LogP contribution in [0.5, 0.6) is 0 Å². The van der Waals surface area contributed by atoms with Crippen molar-refractivity contribution in [2.24, 2.45) is 0 Å². The van der Waals surface area contributed by atoms with Crippen LogP contribution >= 0.6 is 11.6 Å². The number of nitrogens with one attached hydrogen (secondary N) is 1. The molecule has 1 aromatic heterocycles. The molecule has 124 valence electrons. The third kappa shape index (κ3) is 4.23. The molecule has 1 heterocycles. The minimum atomic E-state index is 0.135. The quantitative estimate of drug-likeness (QED) is 0.780. The van der Waals surface area contributed by atoms with Crippen LogP contribution in [0.4, 0.5) is 5.82 Å². The smallest absolute Gasteiger partial charge is 0.149 e. The van der Waals surface area contributed by atoms with Crippen molar-refractivity contribution < 1.29 is 0 Å². The van der Waals surface area contributed by atoms with Gasteiger partial charge >= 0.3 is 0 Å². The molecule has 1 N–H and O–H groups in total. The Labute approximate surface area is 144 Å². The average molecular weight is 332 g/mol. The summed E-state index contributed by atoms with van der Waals surface area (Å²) in [5.41, 5.74) is 3.60. The Hall–Kier alpha value is -1.61. The van der Waals surface area contributed by atoms with Gasteiger partial charge in [-0.25, -0.2) is 9.97 Å². The van der Waals surface area contributed by atoms with E-state index in [1.807, 2.05) is 6.92 Å². The van der Waals surface area contributed by atoms with Crippen LogP contribution in [-0.4, -0.2) is 9.97 Å². The third-order valence-electron chi connectivity index (χ3n) is 4.07. The highest BCUT2D eigenvalue weighted by molar-refractivity contribution is 6.33. The molecule has 0 aliphatic heterocycles. The highest BCUT2D eigenvalue weighted by Gasteiger charge is 2.18. The van der Waals surface area contributed by atoms with Gasteiger partial charge in [0.1, 0.15) is 17.2 Å². The summed E-state index contributed by atoms with van der Waals surface area (Å²) >= 11 is 6.41. The first-order valence-electron chi connectivity index (χ1n) is 8.23. The molecular formula is C19H26ClN3. The summed E-state index contributed by atoms with van der Waals surface area (Å²) in [7, 11) is 0. The minimum absolute atomic E-state index is 0.135. The van der Waals surface area contributed by atoms with Gasteiger partial charge in [-0.15, -0.1) is 0 Å². The van der Waals surface area contributed by atoms with E-state index in [1.54, 1.807) is 6.33 Å². The van der Waals surface area contributed by atoms with E-state index in [9.17, 15) is 0 Å². The summed E-state index contributed by atoms with van der Waals surface area (Å²) in [6.07, 6.45) is 3.33. The van der Waals surface area contributed by atoms with Crippen molar-refractivity contribution in [3.8, 4) is 0 Å². The summed E-state index contributed by atoms with van der Waals surface area (Å²) in [4.78, 5) is 8.54. The van der Waals surface area contributed by atoms with Crippen molar-refractivity contribution in [3.63, 3.8) is 0 Å². The Morgan fingerprint density at radius 3 is 2.52 bits per heavy atom. The monoisotopic (exact) mass is 331 g/mol. The summed E-state index contributed by atoms with van der Waals surface area (Å²) in [5, 5.41) is 4.11. The van der Waals surface area contributed by atoms with E-state index in [4.69, 9.17) is 11.6 Å². The SMILES string of the molecule is CCc1ncnc(NC(CC)c2cccc(C(C)(C)C)c2)c1Cl. The zero-order chi connectivity index (χ0) is 17.0. The van der Waals surface area contributed by atoms with Crippen molar-refractivity contribution in [2.45, 2.75) is 58.9 Å². The number of aromatic nitrogens is 2. The Balaban J connectivity index is 2.31. The predicted molar refractivity (Wildman–Crippen MR) is 98.2 cm³/mol. The van der Waals surface area contributed by atoms with Gasteiger partial charge in [0.05, 0.1) is 11.7 Å². The first kappa shape index (κ1) is 17.7. The Morgan fingerprint density at radius 2 is 1.91 bits per heavy atom. The molecule has 2 aromatic rings. The molecule has 0 saturated carbocycles. The molecule has 4 heteroatoms. The van der Waals surface area contributed by atoms with Gasteiger partial charge in [-0.2, -0.15) is 0 Å². The third-order valence-corrected chi connectivity index (χ3v) is 4.47. The number of anilines is 1. The number of hydrogen-bond donors (Lipinski definition) is 1. The van der Waals surface area contributed by atoms with E-state index >= 15 is 0 Å². The zero-order valence-corrected chi connectivity index (χ0v) is 15.4. The van der Waals surface area contributed by atoms with Crippen LogP contribution in [0.15, 0.2) is 30.6 Å². The van der Waals surface area contributed by atoms with Crippen LogP contribution in [0, 0.1) is 0 Å². The molecule has 0 bridgehead atoms. The largest absolute Gasteiger partial charge is 0.362 e. The van der Waals surface area contributed by atoms with E-state index in [1.165, 1.54) is 11.1 Å². The van der Waals surface area contributed by atoms with Crippen molar-refractivity contribution in [3.05, 3.63) is 52.4 Å². The number of benzene rings is 1. The van der Waals surface area contributed by atoms with Gasteiger partial charge in [-0.1, -0.05) is 70.5 Å². The van der Waals surface area contributed by atoms with Gasteiger partial charge in [0.25, 0.3) is 0 Å². The average Bonchev–Trinajstić information content (AvgIpc) is 2.53. The van der Waals surface area contributed by atoms with Crippen molar-refractivity contribution in [1.29, 1.82) is 0 Å². The fourth-order valence-corrected chi connectivity index (χ4v) is 2.85. The molecule has 1 aromatic carbocycles. The lowest BCUT2D eigenvalue weighted by molar-refractivity contribution is 0.587. The van der Waals surface area contributed by atoms with E-state index in [-0.39, 0.29) is 11.5 Å². The van der Waals surface area contributed by atoms with Gasteiger partial charge in [0, 0.05) is 0 Å². The highest BCUT2D eigenvalue weighted by atomic mass is 35.5. The van der Waals surface area contributed by atoms with Crippen LogP contribution in [0.2, 0.25) is 5.02 Å². The van der Waals surface area contributed by atoms with Crippen LogP contribution in [0.1, 0.15) is 63.9 Å². The second kappa shape index (κ2) is 7.31. The van der Waals surface area contributed by atoms with Crippen LogP contribution in [0.25, 0.3) is 0 Å². The lowest BCUT2D eigenvalue weighted by Crippen LogP contribution is -2.15. The number of aryl methyl sites for hydroxylation is 1. The molecule has 3 nitrogen and oxygen atoms in total. The lowest BCUT2D eigenvalue weighted by atomic mass is 9.85. The number of rotatable bonds is 5. The summed E-state index contributed by atoms with van der Waals surface area (Å²) < 4.78 is 0. The molecule has 0 aliphatic rings. The summed E-state index contributed by atoms with van der Waals surface area (Å²) in [6, 6.07) is 8.92. The number of hydrogen-bond acceptors (Lipinski definition) is 3. The zero-order valence-electron chi connectivity index (χ0n) is 14.7. The maximum Gasteiger partial charge on any atom is 0.149 e. The molecule has 0 saturated heterocycles. The maximum absolute atomic E-state index is 6.41. The van der Waals surface area contributed by atoms with Crippen LogP contribution in [-0.2, 0) is 11.8 Å². The molecule has 0 aliphatic carbocycles. The molecular weight excluding hydrogens is 306 g/mol. The van der Waals surface area contributed by atoms with Gasteiger partial charge in [0.2, 0.25) is 0 Å². The highest BCUT2D eigenvalue weighted by Crippen LogP contribution is 2.30. The predicted octanol–water partition coefficient (Wildman–Crippen LogP) is 5.55. The Kier molecular flexibility index (Phi) is 5.64. The first-order chi connectivity index (χ1) is 10.9. The fourth-order valence-electron chi connectivity index (χ4n) is 2.56. The van der Waals surface area contributed by atoms with Gasteiger partial charge in [0.15, 0.2) is 0 Å². The first-order valence-corrected chi connectivity index (χ1v) is 8.61. The van der Waals surface area contributed by atoms with Crippen molar-refractivity contribution >= 4 is 17.4 Å². The fraction of sp³-hybridized carbons (Fsp3) is 0.474. The topological polar surface area (TPSA) is 37.8 Å². The van der Waals surface area contributed by atoms with E-state index < -0.39 is 0 Å². The second-order valence-electron chi connectivity index (χ2n) is 6.82. The molecule has 1 atom stereocenters. The van der Waals surface area contributed by atoms with Crippen molar-refractivity contribution in [1.82, 2.24) is 9.97 Å². The molecule has 0 radical (unpaired) electrons. The Morgan fingerprint density at radius 1 is 1.17 bits per heavy atom. The lowest BCUT2D eigenvalue weighted by Gasteiger charge is -2.23. The minimum Gasteiger partial charge on any atom is -0.362 e. The van der Waals surface area contributed by atoms with Gasteiger partial charge in [-0.3, -0.25) is 0 Å². The molecule has 0 amide bonds. The maximum atomic E-state index is 6.41. The standard InChI is InChI=1S/C19H26ClN3/c1-6-15(13-9-8-10-14(11-13)19(3,4)5)23-18-17(20)16(7-2)21-12-22-18/h8-12,15H,6-7H2,1-5H3,(H,21,22,23). The normalized spacial score (nSPS) is 13.0. The van der Waals surface area contributed by atoms with Crippen LogP contribution in [0.3, 0.4) is 0 Å². The molecule has 1 unspecified atom stereocenters. The van der Waals surface area contributed by atoms with E-state index in [0.717, 1.165) is 18.5 Å².